The molecule has 266 valence electrons. The molecule has 3 heterocycles. The second kappa shape index (κ2) is 11.8. The van der Waals surface area contributed by atoms with Crippen LogP contribution in [-0.4, -0.2) is 135 Å². The number of methoxy groups -OCH3 is 1. The van der Waals surface area contributed by atoms with Crippen molar-refractivity contribution in [2.24, 2.45) is 28.6 Å². The van der Waals surface area contributed by atoms with Gasteiger partial charge in [0, 0.05) is 23.8 Å². The Bertz CT molecular complexity index is 1450. The van der Waals surface area contributed by atoms with Crippen molar-refractivity contribution in [3.05, 3.63) is 23.0 Å². The number of hydrogen-bond donors (Lipinski definition) is 6. The summed E-state index contributed by atoms with van der Waals surface area (Å²) < 4.78 is 34.1. The predicted molar refractivity (Wildman–Crippen MR) is 155 cm³/mol. The topological polar surface area (TPSA) is 245 Å². The largest absolute Gasteiger partial charge is 0.467 e. The minimum absolute atomic E-state index is 0.0357. The molecule has 1 spiro atoms. The quantitative estimate of drug-likeness (QED) is 0.0987. The van der Waals surface area contributed by atoms with Crippen LogP contribution in [0.2, 0.25) is 0 Å². The zero-order chi connectivity index (χ0) is 35.2. The molecule has 0 radical (unpaired) electrons. The molecule has 0 aromatic heterocycles. The van der Waals surface area contributed by atoms with Crippen LogP contribution in [0.5, 0.6) is 0 Å². The molecule has 15 atom stereocenters. The normalized spacial score (nSPS) is 47.7. The highest BCUT2D eigenvalue weighted by atomic mass is 16.7. The molecule has 0 amide bonds. The van der Waals surface area contributed by atoms with E-state index in [1.807, 2.05) is 0 Å². The van der Waals surface area contributed by atoms with Crippen molar-refractivity contribution >= 4 is 23.7 Å². The van der Waals surface area contributed by atoms with E-state index in [1.54, 1.807) is 27.7 Å². The van der Waals surface area contributed by atoms with Gasteiger partial charge in [0.15, 0.2) is 11.5 Å². The summed E-state index contributed by atoms with van der Waals surface area (Å²) in [5.74, 6) is -6.88. The zero-order valence-electron chi connectivity index (χ0n) is 27.1. The fraction of sp³-hybridized carbons (Fsp3) is 0.750. The minimum atomic E-state index is -2.32. The average Bonchev–Trinajstić information content (AvgIpc) is 3.33. The Morgan fingerprint density at radius 1 is 1.02 bits per heavy atom. The monoisotopic (exact) mass is 682 g/mol. The first-order chi connectivity index (χ1) is 22.5. The van der Waals surface area contributed by atoms with Gasteiger partial charge in [-0.3, -0.25) is 4.79 Å². The third kappa shape index (κ3) is 4.57. The van der Waals surface area contributed by atoms with E-state index in [-0.39, 0.29) is 25.2 Å². The molecule has 16 heteroatoms. The number of Topliss-reactive ketones (excluding diaryl/α,β-unsaturated/α-hetero) is 1. The number of hydrogen-bond acceptors (Lipinski definition) is 16. The van der Waals surface area contributed by atoms with Crippen LogP contribution in [0.15, 0.2) is 23.0 Å². The lowest BCUT2D eigenvalue weighted by Crippen LogP contribution is -2.79. The Balaban J connectivity index is 1.45. The summed E-state index contributed by atoms with van der Waals surface area (Å²) in [6.45, 7) is 5.57. The molecular weight excluding hydrogens is 640 g/mol. The van der Waals surface area contributed by atoms with E-state index in [2.05, 4.69) is 0 Å². The summed E-state index contributed by atoms with van der Waals surface area (Å²) in [5, 5.41) is 64.3. The van der Waals surface area contributed by atoms with Gasteiger partial charge in [-0.25, -0.2) is 14.4 Å². The first kappa shape index (κ1) is 34.9. The molecule has 3 aliphatic heterocycles. The van der Waals surface area contributed by atoms with Gasteiger partial charge in [0.1, 0.15) is 36.6 Å². The zero-order valence-corrected chi connectivity index (χ0v) is 27.1. The van der Waals surface area contributed by atoms with Crippen LogP contribution < -0.4 is 0 Å². The van der Waals surface area contributed by atoms with Gasteiger partial charge in [-0.1, -0.05) is 12.5 Å². The Morgan fingerprint density at radius 3 is 2.33 bits per heavy atom. The van der Waals surface area contributed by atoms with Gasteiger partial charge >= 0.3 is 17.9 Å². The smallest absolute Gasteiger partial charge is 0.348 e. The highest BCUT2D eigenvalue weighted by Crippen LogP contribution is 2.73. The highest BCUT2D eigenvalue weighted by molar-refractivity contribution is 5.96. The lowest BCUT2D eigenvalue weighted by molar-refractivity contribution is -0.296. The molecule has 1 unspecified atom stereocenters. The number of aliphatic hydroxyl groups excluding tert-OH is 6. The molecule has 5 fully saturated rings. The second-order valence-corrected chi connectivity index (χ2v) is 14.3. The van der Waals surface area contributed by atoms with Gasteiger partial charge < -0.3 is 59.1 Å². The number of allylic oxidation sites excluding steroid dienone is 3. The Kier molecular flexibility index (Phi) is 8.60. The Morgan fingerprint density at radius 2 is 1.71 bits per heavy atom. The third-order valence-corrected chi connectivity index (χ3v) is 11.5. The van der Waals surface area contributed by atoms with Crippen molar-refractivity contribution in [3.8, 4) is 0 Å². The number of aliphatic hydroxyl groups is 6. The van der Waals surface area contributed by atoms with Crippen molar-refractivity contribution in [1.29, 1.82) is 0 Å². The molecule has 3 saturated heterocycles. The van der Waals surface area contributed by atoms with Gasteiger partial charge in [-0.15, -0.1) is 0 Å². The van der Waals surface area contributed by atoms with Crippen molar-refractivity contribution < 1.29 is 78.2 Å². The molecule has 2 saturated carbocycles. The Hall–Kier alpha value is -2.96. The van der Waals surface area contributed by atoms with Crippen molar-refractivity contribution in [2.75, 3.05) is 20.3 Å². The van der Waals surface area contributed by atoms with Crippen LogP contribution in [-0.2, 0) is 47.6 Å². The van der Waals surface area contributed by atoms with Crippen molar-refractivity contribution in [2.45, 2.75) is 101 Å². The molecular formula is C32H42O16. The summed E-state index contributed by atoms with van der Waals surface area (Å²) in [5.41, 5.74) is -4.04. The third-order valence-electron chi connectivity index (χ3n) is 11.5. The van der Waals surface area contributed by atoms with E-state index < -0.39 is 120 Å². The first-order valence-corrected chi connectivity index (χ1v) is 15.9. The summed E-state index contributed by atoms with van der Waals surface area (Å²) in [7, 11) is 1.06. The molecule has 3 aliphatic carbocycles. The van der Waals surface area contributed by atoms with Crippen molar-refractivity contribution in [1.82, 2.24) is 0 Å². The lowest BCUT2D eigenvalue weighted by atomic mass is 9.38. The van der Waals surface area contributed by atoms with Gasteiger partial charge in [0.05, 0.1) is 32.3 Å². The summed E-state index contributed by atoms with van der Waals surface area (Å²) >= 11 is 0. The molecule has 6 rings (SSSR count). The maximum atomic E-state index is 13.9. The molecule has 6 N–H and O–H groups in total. The van der Waals surface area contributed by atoms with E-state index in [0.29, 0.717) is 11.1 Å². The van der Waals surface area contributed by atoms with E-state index in [9.17, 15) is 49.8 Å². The minimum Gasteiger partial charge on any atom is -0.467 e. The molecule has 0 aromatic rings. The number of ether oxygens (including phenoxy) is 6. The SMILES string of the molecule is COC(=O)C12OC[C@]34[C@H]([C@@H](O)[C@@H]1O)[C@@]1(C)CC(=O)C(O[C@@H]5O[C@H](CO)[C@@H](O)[C@H](O)[C@H]5O)=C(C)[C@@H]1C[C@H]3OC(=O)[C@H](OC(=O)C=C(C)C)[C@@H]24. The van der Waals surface area contributed by atoms with Gasteiger partial charge in [0.2, 0.25) is 18.0 Å². The number of carbonyl (C=O) groups excluding carboxylic acids is 4. The van der Waals surface area contributed by atoms with Crippen LogP contribution in [0.1, 0.15) is 40.5 Å². The van der Waals surface area contributed by atoms with Crippen LogP contribution in [0.4, 0.5) is 0 Å². The fourth-order valence-electron chi connectivity index (χ4n) is 9.68. The van der Waals surface area contributed by atoms with Crippen LogP contribution in [0, 0.1) is 28.6 Å². The predicted octanol–water partition coefficient (Wildman–Crippen LogP) is -2.22. The van der Waals surface area contributed by atoms with Crippen molar-refractivity contribution in [3.63, 3.8) is 0 Å². The average molecular weight is 683 g/mol. The standard InChI is InChI=1S/C32H42O16/c1-11(2)6-17(35)47-23-25-31-10-44-32(25,29(42)43-5)26(40)21(39)24(31)30(4)8-14(34)22(12(3)13(30)7-16(31)46-27(23)41)48-28-20(38)19(37)18(36)15(9-33)45-28/h6,13,15-16,18-21,23-26,28,33,36-40H,7-10H2,1-5H3/t13-,15+,16+,18+,19-,20+,21+,23+,24+,25+,26-,28-,30-,31+,32?/m0/s1. The summed E-state index contributed by atoms with van der Waals surface area (Å²) in [6.07, 6.45) is -13.7. The number of fused-ring (bicyclic) bond motifs is 2. The molecule has 16 nitrogen and oxygen atoms in total. The number of ketones is 1. The number of rotatable bonds is 6. The second-order valence-electron chi connectivity index (χ2n) is 14.3. The molecule has 0 aromatic carbocycles. The van der Waals surface area contributed by atoms with Gasteiger partial charge in [0.25, 0.3) is 0 Å². The summed E-state index contributed by atoms with van der Waals surface area (Å²) in [6, 6.07) is 0. The van der Waals surface area contributed by atoms with E-state index in [0.717, 1.165) is 13.2 Å². The molecule has 2 bridgehead atoms. The van der Waals surface area contributed by atoms with Gasteiger partial charge in [-0.2, -0.15) is 0 Å². The first-order valence-electron chi connectivity index (χ1n) is 15.9. The van der Waals surface area contributed by atoms with E-state index in [1.165, 1.54) is 0 Å². The maximum absolute atomic E-state index is 13.9. The fourth-order valence-corrected chi connectivity index (χ4v) is 9.68. The van der Waals surface area contributed by atoms with E-state index >= 15 is 0 Å². The lowest BCUT2D eigenvalue weighted by Gasteiger charge is -2.67. The van der Waals surface area contributed by atoms with Crippen LogP contribution in [0.3, 0.4) is 0 Å². The highest BCUT2D eigenvalue weighted by Gasteiger charge is 2.85. The van der Waals surface area contributed by atoms with Gasteiger partial charge in [-0.05, 0) is 44.1 Å². The Labute approximate surface area is 275 Å². The van der Waals surface area contributed by atoms with Crippen LogP contribution >= 0.6 is 0 Å². The van der Waals surface area contributed by atoms with E-state index in [4.69, 9.17) is 28.4 Å². The number of esters is 3. The summed E-state index contributed by atoms with van der Waals surface area (Å²) in [4.78, 5) is 54.0. The van der Waals surface area contributed by atoms with Crippen LogP contribution in [0.25, 0.3) is 0 Å². The molecule has 48 heavy (non-hydrogen) atoms. The number of carbonyl (C=O) groups is 4. The molecule has 6 aliphatic rings. The maximum Gasteiger partial charge on any atom is 0.348 e.